The second kappa shape index (κ2) is 7.93. The number of nitrogens with one attached hydrogen (secondary N) is 1. The number of thiazole rings is 1. The number of hydrogen-bond acceptors (Lipinski definition) is 7. The lowest BCUT2D eigenvalue weighted by molar-refractivity contribution is -0.119. The Kier molecular flexibility index (Phi) is 5.60. The van der Waals surface area contributed by atoms with Crippen molar-refractivity contribution in [3.8, 4) is 11.3 Å². The summed E-state index contributed by atoms with van der Waals surface area (Å²) in [4.78, 5) is 28.7. The van der Waals surface area contributed by atoms with Crippen molar-refractivity contribution in [2.75, 3.05) is 11.9 Å². The molecule has 2 aromatic heterocycles. The number of ether oxygens (including phenoxy) is 1. The molecule has 0 aliphatic carbocycles. The van der Waals surface area contributed by atoms with E-state index in [1.807, 2.05) is 12.3 Å². The maximum absolute atomic E-state index is 12.1. The Labute approximate surface area is 166 Å². The number of anilines is 1. The smallest absolute Gasteiger partial charge is 0.344 e. The van der Waals surface area contributed by atoms with Crippen molar-refractivity contribution in [2.45, 2.75) is 34.6 Å². The van der Waals surface area contributed by atoms with Crippen molar-refractivity contribution in [3.05, 3.63) is 51.2 Å². The van der Waals surface area contributed by atoms with Crippen LogP contribution in [0.25, 0.3) is 11.3 Å². The third-order valence-electron chi connectivity index (χ3n) is 4.44. The Morgan fingerprint density at radius 3 is 2.50 bits per heavy atom. The van der Waals surface area contributed by atoms with Crippen LogP contribution in [0.4, 0.5) is 5.13 Å². The van der Waals surface area contributed by atoms with E-state index >= 15 is 0 Å². The van der Waals surface area contributed by atoms with Gasteiger partial charge in [-0.05, 0) is 57.4 Å². The zero-order valence-electron chi connectivity index (χ0n) is 16.4. The molecule has 1 amide bonds. The molecule has 8 heteroatoms. The fraction of sp³-hybridized carbons (Fsp3) is 0.300. The molecular formula is C20H21N3O4S. The largest absolute Gasteiger partial charge is 0.452 e. The van der Waals surface area contributed by atoms with E-state index in [2.05, 4.69) is 41.4 Å². The number of hydrogen-bond donors (Lipinski definition) is 1. The van der Waals surface area contributed by atoms with Crippen molar-refractivity contribution in [1.29, 1.82) is 0 Å². The summed E-state index contributed by atoms with van der Waals surface area (Å²) in [6.45, 7) is 9.00. The summed E-state index contributed by atoms with van der Waals surface area (Å²) in [7, 11) is 0. The SMILES string of the molecule is Cc1cc(C)c(-c2csc(NC(=O)COC(=O)c3c(C)noc3C)n2)cc1C. The molecule has 0 saturated heterocycles. The van der Waals surface area contributed by atoms with Crippen LogP contribution in [0.1, 0.15) is 38.5 Å². The highest BCUT2D eigenvalue weighted by atomic mass is 32.1. The molecule has 0 spiro atoms. The van der Waals surface area contributed by atoms with E-state index in [4.69, 9.17) is 9.26 Å². The van der Waals surface area contributed by atoms with Crippen LogP contribution in [-0.4, -0.2) is 28.6 Å². The normalized spacial score (nSPS) is 10.8. The van der Waals surface area contributed by atoms with Gasteiger partial charge in [0.15, 0.2) is 11.7 Å². The Balaban J connectivity index is 1.63. The molecule has 146 valence electrons. The van der Waals surface area contributed by atoms with Gasteiger partial charge in [-0.2, -0.15) is 0 Å². The van der Waals surface area contributed by atoms with Gasteiger partial charge in [0.1, 0.15) is 11.3 Å². The fourth-order valence-electron chi connectivity index (χ4n) is 2.82. The molecule has 7 nitrogen and oxygen atoms in total. The van der Waals surface area contributed by atoms with Gasteiger partial charge >= 0.3 is 5.97 Å². The summed E-state index contributed by atoms with van der Waals surface area (Å²) in [6, 6.07) is 4.22. The van der Waals surface area contributed by atoms with Gasteiger partial charge in [0.25, 0.3) is 5.91 Å². The van der Waals surface area contributed by atoms with Crippen LogP contribution in [0.3, 0.4) is 0 Å². The first-order chi connectivity index (χ1) is 13.3. The molecule has 28 heavy (non-hydrogen) atoms. The minimum Gasteiger partial charge on any atom is -0.452 e. The highest BCUT2D eigenvalue weighted by Crippen LogP contribution is 2.29. The van der Waals surface area contributed by atoms with Gasteiger partial charge in [-0.1, -0.05) is 11.2 Å². The van der Waals surface area contributed by atoms with E-state index in [1.165, 1.54) is 22.5 Å². The number of nitrogens with zero attached hydrogens (tertiary/aromatic N) is 2. The molecule has 0 radical (unpaired) electrons. The lowest BCUT2D eigenvalue weighted by Gasteiger charge is -2.07. The number of carbonyl (C=O) groups is 2. The van der Waals surface area contributed by atoms with Gasteiger partial charge in [-0.15, -0.1) is 11.3 Å². The topological polar surface area (TPSA) is 94.3 Å². The third-order valence-corrected chi connectivity index (χ3v) is 5.20. The minimum absolute atomic E-state index is 0.245. The number of carbonyl (C=O) groups excluding carboxylic acids is 2. The lowest BCUT2D eigenvalue weighted by Crippen LogP contribution is -2.21. The molecule has 3 aromatic rings. The van der Waals surface area contributed by atoms with Crippen LogP contribution in [0.15, 0.2) is 22.0 Å². The Bertz CT molecular complexity index is 1030. The summed E-state index contributed by atoms with van der Waals surface area (Å²) < 4.78 is 9.98. The molecule has 0 unspecified atom stereocenters. The molecule has 1 N–H and O–H groups in total. The minimum atomic E-state index is -0.642. The second-order valence-electron chi connectivity index (χ2n) is 6.61. The standard InChI is InChI=1S/C20H21N3O4S/c1-10-6-12(3)15(7-11(10)2)16-9-28-20(21-16)22-17(24)8-26-19(25)18-13(4)23-27-14(18)5/h6-7,9H,8H2,1-5H3,(H,21,22,24). The van der Waals surface area contributed by atoms with E-state index in [-0.39, 0.29) is 5.56 Å². The van der Waals surface area contributed by atoms with Gasteiger partial charge in [0.2, 0.25) is 0 Å². The second-order valence-corrected chi connectivity index (χ2v) is 7.47. The molecule has 0 aliphatic heterocycles. The molecular weight excluding hydrogens is 378 g/mol. The lowest BCUT2D eigenvalue weighted by atomic mass is 9.99. The average Bonchev–Trinajstić information content (AvgIpc) is 3.22. The number of aromatic nitrogens is 2. The van der Waals surface area contributed by atoms with Crippen molar-refractivity contribution < 1.29 is 18.8 Å². The van der Waals surface area contributed by atoms with Crippen LogP contribution < -0.4 is 5.32 Å². The predicted molar refractivity (Wildman–Crippen MR) is 107 cm³/mol. The Morgan fingerprint density at radius 2 is 1.82 bits per heavy atom. The zero-order valence-corrected chi connectivity index (χ0v) is 17.2. The highest BCUT2D eigenvalue weighted by molar-refractivity contribution is 7.14. The van der Waals surface area contributed by atoms with Crippen molar-refractivity contribution in [3.63, 3.8) is 0 Å². The molecule has 0 bridgehead atoms. The van der Waals surface area contributed by atoms with E-state index in [9.17, 15) is 9.59 Å². The summed E-state index contributed by atoms with van der Waals surface area (Å²) in [5.41, 5.74) is 6.04. The van der Waals surface area contributed by atoms with E-state index in [0.29, 0.717) is 16.6 Å². The maximum Gasteiger partial charge on any atom is 0.344 e. The first kappa shape index (κ1) is 19.8. The third kappa shape index (κ3) is 4.12. The van der Waals surface area contributed by atoms with Crippen LogP contribution >= 0.6 is 11.3 Å². The molecule has 0 saturated carbocycles. The highest BCUT2D eigenvalue weighted by Gasteiger charge is 2.20. The summed E-state index contributed by atoms with van der Waals surface area (Å²) >= 11 is 1.32. The molecule has 0 aliphatic rings. The zero-order chi connectivity index (χ0) is 20.4. The first-order valence-corrected chi connectivity index (χ1v) is 9.57. The quantitative estimate of drug-likeness (QED) is 0.648. The summed E-state index contributed by atoms with van der Waals surface area (Å²) in [5, 5.41) is 8.70. The van der Waals surface area contributed by atoms with E-state index in [1.54, 1.807) is 13.8 Å². The summed E-state index contributed by atoms with van der Waals surface area (Å²) in [6.07, 6.45) is 0. The van der Waals surface area contributed by atoms with Gasteiger partial charge in [-0.3, -0.25) is 10.1 Å². The van der Waals surface area contributed by atoms with Gasteiger partial charge in [0, 0.05) is 10.9 Å². The predicted octanol–water partition coefficient (Wildman–Crippen LogP) is 4.14. The monoisotopic (exact) mass is 399 g/mol. The van der Waals surface area contributed by atoms with Gasteiger partial charge in [0.05, 0.1) is 11.4 Å². The maximum atomic E-state index is 12.1. The van der Waals surface area contributed by atoms with Crippen molar-refractivity contribution in [2.24, 2.45) is 0 Å². The van der Waals surface area contributed by atoms with E-state index in [0.717, 1.165) is 16.8 Å². The van der Waals surface area contributed by atoms with E-state index < -0.39 is 18.5 Å². The number of benzene rings is 1. The number of amides is 1. The van der Waals surface area contributed by atoms with Crippen LogP contribution in [-0.2, 0) is 9.53 Å². The average molecular weight is 399 g/mol. The number of esters is 1. The van der Waals surface area contributed by atoms with Crippen molar-refractivity contribution in [1.82, 2.24) is 10.1 Å². The Hall–Kier alpha value is -3.00. The molecule has 0 atom stereocenters. The van der Waals surface area contributed by atoms with Crippen LogP contribution in [0.2, 0.25) is 0 Å². The number of rotatable bonds is 5. The molecule has 0 fully saturated rings. The fourth-order valence-corrected chi connectivity index (χ4v) is 3.55. The summed E-state index contributed by atoms with van der Waals surface area (Å²) in [5.74, 6) is -0.744. The van der Waals surface area contributed by atoms with Crippen LogP contribution in [0.5, 0.6) is 0 Å². The molecule has 1 aromatic carbocycles. The number of aryl methyl sites for hydroxylation is 5. The molecule has 3 rings (SSSR count). The van der Waals surface area contributed by atoms with Crippen molar-refractivity contribution >= 4 is 28.3 Å². The first-order valence-electron chi connectivity index (χ1n) is 8.70. The molecule has 2 heterocycles. The Morgan fingerprint density at radius 1 is 1.11 bits per heavy atom. The van der Waals surface area contributed by atoms with Gasteiger partial charge in [-0.25, -0.2) is 9.78 Å². The van der Waals surface area contributed by atoms with Crippen LogP contribution in [0, 0.1) is 34.6 Å². The van der Waals surface area contributed by atoms with Gasteiger partial charge < -0.3 is 9.26 Å².